The number of ether oxygens (including phenoxy) is 1. The maximum Gasteiger partial charge on any atom is 0.282 e. The van der Waals surface area contributed by atoms with E-state index >= 15 is 0 Å². The summed E-state index contributed by atoms with van der Waals surface area (Å²) in [7, 11) is 1.65. The molecule has 0 bridgehead atoms. The van der Waals surface area contributed by atoms with E-state index in [0.717, 1.165) is 19.3 Å². The molecule has 1 fully saturated rings. The standard InChI is InChI=1S/C8H16N2O/c1-3-8(5-4-6-8)11-7(9)10-2/h3-6H2,1-2H3,(H2,9,10). The van der Waals surface area contributed by atoms with Gasteiger partial charge >= 0.3 is 0 Å². The van der Waals surface area contributed by atoms with Gasteiger partial charge in [-0.25, -0.2) is 4.99 Å². The van der Waals surface area contributed by atoms with Crippen molar-refractivity contribution in [3.8, 4) is 0 Å². The second-order valence-corrected chi connectivity index (χ2v) is 3.05. The van der Waals surface area contributed by atoms with E-state index in [1.807, 2.05) is 0 Å². The molecule has 0 unspecified atom stereocenters. The van der Waals surface area contributed by atoms with Crippen LogP contribution in [0.1, 0.15) is 32.6 Å². The molecule has 11 heavy (non-hydrogen) atoms. The first-order valence-corrected chi connectivity index (χ1v) is 4.14. The van der Waals surface area contributed by atoms with Crippen molar-refractivity contribution in [1.29, 1.82) is 0 Å². The van der Waals surface area contributed by atoms with Crippen molar-refractivity contribution in [3.63, 3.8) is 0 Å². The third-order valence-corrected chi connectivity index (χ3v) is 2.45. The Kier molecular flexibility index (Phi) is 2.37. The largest absolute Gasteiger partial charge is 0.459 e. The average Bonchev–Trinajstić information content (AvgIpc) is 1.96. The van der Waals surface area contributed by atoms with E-state index in [1.165, 1.54) is 6.42 Å². The second-order valence-electron chi connectivity index (χ2n) is 3.05. The van der Waals surface area contributed by atoms with Gasteiger partial charge in [-0.3, -0.25) is 0 Å². The van der Waals surface area contributed by atoms with Crippen molar-refractivity contribution >= 4 is 6.02 Å². The number of hydrogen-bond donors (Lipinski definition) is 1. The van der Waals surface area contributed by atoms with E-state index in [4.69, 9.17) is 10.5 Å². The van der Waals surface area contributed by atoms with Gasteiger partial charge in [0.15, 0.2) is 0 Å². The normalized spacial score (nSPS) is 22.5. The Morgan fingerprint density at radius 2 is 2.27 bits per heavy atom. The molecule has 1 rings (SSSR count). The van der Waals surface area contributed by atoms with Crippen LogP contribution in [0.4, 0.5) is 0 Å². The summed E-state index contributed by atoms with van der Waals surface area (Å²) in [5.41, 5.74) is 5.50. The van der Waals surface area contributed by atoms with Crippen LogP contribution in [0, 0.1) is 0 Å². The highest BCUT2D eigenvalue weighted by atomic mass is 16.5. The monoisotopic (exact) mass is 156 g/mol. The molecular weight excluding hydrogens is 140 g/mol. The van der Waals surface area contributed by atoms with Crippen molar-refractivity contribution in [3.05, 3.63) is 0 Å². The molecule has 1 aliphatic carbocycles. The topological polar surface area (TPSA) is 47.6 Å². The lowest BCUT2D eigenvalue weighted by molar-refractivity contribution is -0.0237. The average molecular weight is 156 g/mol. The molecule has 0 heterocycles. The van der Waals surface area contributed by atoms with Crippen molar-refractivity contribution in [2.45, 2.75) is 38.2 Å². The summed E-state index contributed by atoms with van der Waals surface area (Å²) in [4.78, 5) is 3.78. The Hall–Kier alpha value is -0.730. The van der Waals surface area contributed by atoms with E-state index < -0.39 is 0 Å². The number of nitrogens with two attached hydrogens (primary N) is 1. The van der Waals surface area contributed by atoms with Gasteiger partial charge in [-0.2, -0.15) is 0 Å². The van der Waals surface area contributed by atoms with Gasteiger partial charge in [0.05, 0.1) is 0 Å². The molecule has 1 saturated carbocycles. The summed E-state index contributed by atoms with van der Waals surface area (Å²) in [5, 5.41) is 0. The summed E-state index contributed by atoms with van der Waals surface area (Å²) in [6, 6.07) is 0.326. The first-order chi connectivity index (χ1) is 5.22. The van der Waals surface area contributed by atoms with Crippen LogP contribution in [-0.2, 0) is 4.74 Å². The number of rotatable bonds is 2. The highest BCUT2D eigenvalue weighted by molar-refractivity contribution is 5.71. The summed E-state index contributed by atoms with van der Waals surface area (Å²) in [6.07, 6.45) is 4.54. The lowest BCUT2D eigenvalue weighted by atomic mass is 9.78. The van der Waals surface area contributed by atoms with Crippen LogP contribution < -0.4 is 5.73 Å². The van der Waals surface area contributed by atoms with Crippen molar-refractivity contribution in [1.82, 2.24) is 0 Å². The van der Waals surface area contributed by atoms with E-state index in [1.54, 1.807) is 7.05 Å². The third-order valence-electron chi connectivity index (χ3n) is 2.45. The Morgan fingerprint density at radius 3 is 2.55 bits per heavy atom. The predicted octanol–water partition coefficient (Wildman–Crippen LogP) is 1.28. The second kappa shape index (κ2) is 3.11. The maximum absolute atomic E-state index is 5.50. The molecule has 0 aromatic carbocycles. The van der Waals surface area contributed by atoms with Gasteiger partial charge in [-0.1, -0.05) is 6.92 Å². The minimum atomic E-state index is 0.0313. The van der Waals surface area contributed by atoms with Crippen molar-refractivity contribution < 1.29 is 4.74 Å². The van der Waals surface area contributed by atoms with Crippen LogP contribution >= 0.6 is 0 Å². The Morgan fingerprint density at radius 1 is 1.64 bits per heavy atom. The smallest absolute Gasteiger partial charge is 0.282 e. The molecule has 0 aromatic rings. The molecule has 0 aliphatic heterocycles. The summed E-state index contributed by atoms with van der Waals surface area (Å²) in [6.45, 7) is 2.13. The Balaban J connectivity index is 2.44. The summed E-state index contributed by atoms with van der Waals surface area (Å²) < 4.78 is 5.50. The number of aliphatic imine (C=N–C) groups is 1. The number of hydrogen-bond acceptors (Lipinski definition) is 2. The SMILES string of the molecule is CCC1(OC(N)=NC)CCC1. The van der Waals surface area contributed by atoms with Crippen LogP contribution in [0.5, 0.6) is 0 Å². The first kappa shape index (κ1) is 8.37. The Labute approximate surface area is 67.6 Å². The van der Waals surface area contributed by atoms with Gasteiger partial charge in [0, 0.05) is 7.05 Å². The molecule has 0 spiro atoms. The van der Waals surface area contributed by atoms with Gasteiger partial charge < -0.3 is 10.5 Å². The van der Waals surface area contributed by atoms with Gasteiger partial charge in [-0.05, 0) is 25.7 Å². The molecule has 0 amide bonds. The molecule has 0 aromatic heterocycles. The molecule has 3 nitrogen and oxygen atoms in total. The Bertz CT molecular complexity index is 156. The number of amidine groups is 1. The summed E-state index contributed by atoms with van der Waals surface area (Å²) in [5.74, 6) is 0. The molecule has 1 aliphatic rings. The van der Waals surface area contributed by atoms with E-state index in [9.17, 15) is 0 Å². The zero-order chi connectivity index (χ0) is 8.32. The van der Waals surface area contributed by atoms with Gasteiger partial charge in [0.1, 0.15) is 5.60 Å². The highest BCUT2D eigenvalue weighted by Gasteiger charge is 2.37. The van der Waals surface area contributed by atoms with Crippen LogP contribution in [0.25, 0.3) is 0 Å². The number of nitrogens with zero attached hydrogens (tertiary/aromatic N) is 1. The van der Waals surface area contributed by atoms with Crippen molar-refractivity contribution in [2.24, 2.45) is 10.7 Å². The van der Waals surface area contributed by atoms with Crippen LogP contribution in [0.3, 0.4) is 0 Å². The van der Waals surface area contributed by atoms with E-state index in [-0.39, 0.29) is 5.60 Å². The van der Waals surface area contributed by atoms with E-state index in [0.29, 0.717) is 6.02 Å². The fourth-order valence-electron chi connectivity index (χ4n) is 1.37. The van der Waals surface area contributed by atoms with Crippen LogP contribution in [0.15, 0.2) is 4.99 Å². The molecule has 2 N–H and O–H groups in total. The minimum absolute atomic E-state index is 0.0313. The molecule has 0 saturated heterocycles. The molecular formula is C8H16N2O. The third kappa shape index (κ3) is 1.64. The van der Waals surface area contributed by atoms with Crippen LogP contribution in [0.2, 0.25) is 0 Å². The van der Waals surface area contributed by atoms with Gasteiger partial charge in [-0.15, -0.1) is 0 Å². The lowest BCUT2D eigenvalue weighted by Crippen LogP contribution is -2.43. The minimum Gasteiger partial charge on any atom is -0.459 e. The molecule has 0 atom stereocenters. The van der Waals surface area contributed by atoms with Gasteiger partial charge in [0.25, 0.3) is 6.02 Å². The van der Waals surface area contributed by atoms with Crippen LogP contribution in [-0.4, -0.2) is 18.7 Å². The lowest BCUT2D eigenvalue weighted by Gasteiger charge is -2.40. The fourth-order valence-corrected chi connectivity index (χ4v) is 1.37. The van der Waals surface area contributed by atoms with E-state index in [2.05, 4.69) is 11.9 Å². The zero-order valence-corrected chi connectivity index (χ0v) is 7.26. The summed E-state index contributed by atoms with van der Waals surface area (Å²) >= 11 is 0. The molecule has 0 radical (unpaired) electrons. The first-order valence-electron chi connectivity index (χ1n) is 4.14. The quantitative estimate of drug-likeness (QED) is 0.483. The highest BCUT2D eigenvalue weighted by Crippen LogP contribution is 2.38. The maximum atomic E-state index is 5.50. The fraction of sp³-hybridized carbons (Fsp3) is 0.875. The molecule has 64 valence electrons. The predicted molar refractivity (Wildman–Crippen MR) is 45.5 cm³/mol. The van der Waals surface area contributed by atoms with Crippen molar-refractivity contribution in [2.75, 3.05) is 7.05 Å². The molecule has 3 heteroatoms. The zero-order valence-electron chi connectivity index (χ0n) is 7.26. The van der Waals surface area contributed by atoms with Gasteiger partial charge in [0.2, 0.25) is 0 Å².